The highest BCUT2D eigenvalue weighted by Gasteiger charge is 2.33. The van der Waals surface area contributed by atoms with E-state index in [1.54, 1.807) is 24.3 Å². The van der Waals surface area contributed by atoms with Gasteiger partial charge in [0.15, 0.2) is 11.9 Å². The molecule has 5 rings (SSSR count). The zero-order valence-corrected chi connectivity index (χ0v) is 24.0. The maximum atomic E-state index is 14.8. The van der Waals surface area contributed by atoms with E-state index < -0.39 is 23.6 Å². The molecule has 10 nitrogen and oxygen atoms in total. The van der Waals surface area contributed by atoms with Crippen molar-refractivity contribution in [3.8, 4) is 17.3 Å². The molecule has 1 aliphatic rings. The Morgan fingerprint density at radius 1 is 1.14 bits per heavy atom. The first-order chi connectivity index (χ1) is 20.8. The van der Waals surface area contributed by atoms with Gasteiger partial charge in [-0.2, -0.15) is 0 Å². The number of carbonyl (C=O) groups is 2. The molecule has 2 aromatic carbocycles. The van der Waals surface area contributed by atoms with Gasteiger partial charge in [-0.05, 0) is 42.7 Å². The standard InChI is InChI=1S/C31H33F2N5O5/c1-3-4-5-9-22-27-26(30(40)35-22)29(37-28(36-27)25-20(32)7-6-8-21(25)33)34-19-12-10-18(11-13-19)16-24(39)38-14-15-43-17-23(38)31(41)42-2/h6-8,10-13,23,35,40H,3-5,9,14-17H2,1-2H3,(H,34,36,37). The number of nitrogens with one attached hydrogen (secondary N) is 2. The Morgan fingerprint density at radius 2 is 1.88 bits per heavy atom. The molecule has 43 heavy (non-hydrogen) atoms. The summed E-state index contributed by atoms with van der Waals surface area (Å²) in [7, 11) is 1.27. The quantitative estimate of drug-likeness (QED) is 0.173. The number of benzene rings is 2. The fourth-order valence-corrected chi connectivity index (χ4v) is 5.17. The molecule has 0 aliphatic carbocycles. The maximum Gasteiger partial charge on any atom is 0.331 e. The van der Waals surface area contributed by atoms with E-state index >= 15 is 0 Å². The molecule has 1 unspecified atom stereocenters. The van der Waals surface area contributed by atoms with E-state index in [1.807, 2.05) is 0 Å². The summed E-state index contributed by atoms with van der Waals surface area (Å²) in [4.78, 5) is 38.5. The highest BCUT2D eigenvalue weighted by Crippen LogP contribution is 2.37. The summed E-state index contributed by atoms with van der Waals surface area (Å²) >= 11 is 0. The number of aromatic hydroxyl groups is 1. The maximum absolute atomic E-state index is 14.8. The van der Waals surface area contributed by atoms with Crippen molar-refractivity contribution in [3.63, 3.8) is 0 Å². The van der Waals surface area contributed by atoms with E-state index in [0.29, 0.717) is 40.9 Å². The Labute approximate surface area is 247 Å². The molecule has 1 amide bonds. The lowest BCUT2D eigenvalue weighted by molar-refractivity contribution is -0.160. The van der Waals surface area contributed by atoms with Gasteiger partial charge >= 0.3 is 5.97 Å². The number of morpholine rings is 1. The molecule has 3 N–H and O–H groups in total. The van der Waals surface area contributed by atoms with Gasteiger partial charge in [0.1, 0.15) is 28.4 Å². The number of halogens is 2. The molecule has 4 aromatic rings. The summed E-state index contributed by atoms with van der Waals surface area (Å²) in [5.74, 6) is -2.52. The van der Waals surface area contributed by atoms with Crippen LogP contribution in [-0.4, -0.2) is 69.7 Å². The van der Waals surface area contributed by atoms with Crippen LogP contribution in [0.2, 0.25) is 0 Å². The molecule has 1 saturated heterocycles. The normalized spacial score (nSPS) is 15.1. The van der Waals surface area contributed by atoms with E-state index in [1.165, 1.54) is 18.1 Å². The number of H-pyrrole nitrogens is 1. The third kappa shape index (κ3) is 6.43. The highest BCUT2D eigenvalue weighted by molar-refractivity contribution is 5.98. The monoisotopic (exact) mass is 593 g/mol. The first-order valence-electron chi connectivity index (χ1n) is 14.2. The number of carbonyl (C=O) groups excluding carboxylic acids is 2. The lowest BCUT2D eigenvalue weighted by Crippen LogP contribution is -2.53. The van der Waals surface area contributed by atoms with Crippen LogP contribution >= 0.6 is 0 Å². The average Bonchev–Trinajstić information content (AvgIpc) is 3.32. The Morgan fingerprint density at radius 3 is 2.58 bits per heavy atom. The molecule has 1 aliphatic heterocycles. The van der Waals surface area contributed by atoms with Gasteiger partial charge in [-0.25, -0.2) is 23.5 Å². The minimum atomic E-state index is -0.804. The van der Waals surface area contributed by atoms with Crippen molar-refractivity contribution >= 4 is 34.3 Å². The minimum Gasteiger partial charge on any atom is -0.494 e. The van der Waals surface area contributed by atoms with Gasteiger partial charge in [0, 0.05) is 17.9 Å². The molecule has 0 radical (unpaired) electrons. The smallest absolute Gasteiger partial charge is 0.331 e. The van der Waals surface area contributed by atoms with E-state index in [9.17, 15) is 23.5 Å². The number of rotatable bonds is 10. The number of anilines is 2. The molecule has 0 saturated carbocycles. The minimum absolute atomic E-state index is 0.0575. The van der Waals surface area contributed by atoms with Gasteiger partial charge in [-0.1, -0.05) is 38.0 Å². The van der Waals surface area contributed by atoms with Crippen molar-refractivity contribution in [1.29, 1.82) is 0 Å². The van der Waals surface area contributed by atoms with Crippen molar-refractivity contribution in [2.45, 2.75) is 45.1 Å². The Kier molecular flexibility index (Phi) is 9.15. The summed E-state index contributed by atoms with van der Waals surface area (Å²) in [5, 5.41) is 14.3. The summed E-state index contributed by atoms with van der Waals surface area (Å²) in [6.07, 6.45) is 3.45. The molecule has 12 heteroatoms. The van der Waals surface area contributed by atoms with Crippen LogP contribution in [0.4, 0.5) is 20.3 Å². The first-order valence-corrected chi connectivity index (χ1v) is 14.2. The second-order valence-corrected chi connectivity index (χ2v) is 10.3. The van der Waals surface area contributed by atoms with Crippen LogP contribution in [-0.2, 0) is 31.9 Å². The number of fused-ring (bicyclic) bond motifs is 1. The highest BCUT2D eigenvalue weighted by atomic mass is 19.1. The van der Waals surface area contributed by atoms with Crippen molar-refractivity contribution in [1.82, 2.24) is 19.9 Å². The molecule has 1 fully saturated rings. The zero-order valence-electron chi connectivity index (χ0n) is 24.0. The molecule has 2 aromatic heterocycles. The van der Waals surface area contributed by atoms with Crippen molar-refractivity contribution in [3.05, 3.63) is 65.4 Å². The summed E-state index contributed by atoms with van der Waals surface area (Å²) in [5.41, 5.74) is 1.91. The van der Waals surface area contributed by atoms with E-state index in [4.69, 9.17) is 9.47 Å². The van der Waals surface area contributed by atoms with E-state index in [-0.39, 0.29) is 48.6 Å². The van der Waals surface area contributed by atoms with E-state index in [0.717, 1.165) is 31.4 Å². The third-order valence-electron chi connectivity index (χ3n) is 7.41. The number of unbranched alkanes of at least 4 members (excludes halogenated alkanes) is 2. The van der Waals surface area contributed by atoms with E-state index in [2.05, 4.69) is 27.2 Å². The van der Waals surface area contributed by atoms with Crippen molar-refractivity contribution < 1.29 is 33.0 Å². The summed E-state index contributed by atoms with van der Waals surface area (Å²) in [6, 6.07) is 9.70. The van der Waals surface area contributed by atoms with Crippen LogP contribution in [0.25, 0.3) is 22.3 Å². The van der Waals surface area contributed by atoms with Gasteiger partial charge < -0.3 is 29.8 Å². The number of aromatic amines is 1. The molecule has 226 valence electrons. The van der Waals surface area contributed by atoms with Crippen LogP contribution in [0.15, 0.2) is 42.5 Å². The molecule has 0 spiro atoms. The number of hydrogen-bond acceptors (Lipinski definition) is 8. The molecular weight excluding hydrogens is 560 g/mol. The van der Waals surface area contributed by atoms with Gasteiger partial charge in [-0.15, -0.1) is 0 Å². The Hall–Kier alpha value is -4.58. The second-order valence-electron chi connectivity index (χ2n) is 10.3. The van der Waals surface area contributed by atoms with Gasteiger partial charge in [0.05, 0.1) is 32.3 Å². The summed E-state index contributed by atoms with van der Waals surface area (Å²) < 4.78 is 39.7. The number of esters is 1. The van der Waals surface area contributed by atoms with Crippen LogP contribution in [0.5, 0.6) is 5.88 Å². The lowest BCUT2D eigenvalue weighted by atomic mass is 10.1. The van der Waals surface area contributed by atoms with Crippen LogP contribution < -0.4 is 5.32 Å². The number of hydrogen-bond donors (Lipinski definition) is 3. The SMILES string of the molecule is CCCCCc1[nH]c(O)c2c(Nc3ccc(CC(=O)N4CCOCC4C(=O)OC)cc3)nc(-c3c(F)cccc3F)nc12. The van der Waals surface area contributed by atoms with Crippen LogP contribution in [0.1, 0.15) is 37.4 Å². The first kappa shape index (κ1) is 29.9. The number of methoxy groups -OCH3 is 1. The zero-order chi connectivity index (χ0) is 30.5. The molecule has 3 heterocycles. The Bertz CT molecular complexity index is 1610. The fourth-order valence-electron chi connectivity index (χ4n) is 5.17. The predicted octanol–water partition coefficient (Wildman–Crippen LogP) is 5.03. The van der Waals surface area contributed by atoms with Crippen LogP contribution in [0, 0.1) is 11.6 Å². The van der Waals surface area contributed by atoms with Crippen molar-refractivity contribution in [2.24, 2.45) is 0 Å². The fraction of sp³-hybridized carbons (Fsp3) is 0.355. The molecular formula is C31H33F2N5O5. The average molecular weight is 594 g/mol. The molecule has 1 atom stereocenters. The van der Waals surface area contributed by atoms with Gasteiger partial charge in [-0.3, -0.25) is 4.79 Å². The topological polar surface area (TPSA) is 130 Å². The summed E-state index contributed by atoms with van der Waals surface area (Å²) in [6.45, 7) is 2.78. The van der Waals surface area contributed by atoms with Crippen LogP contribution in [0.3, 0.4) is 0 Å². The number of amides is 1. The largest absolute Gasteiger partial charge is 0.494 e. The lowest BCUT2D eigenvalue weighted by Gasteiger charge is -2.33. The van der Waals surface area contributed by atoms with Gasteiger partial charge in [0.25, 0.3) is 0 Å². The van der Waals surface area contributed by atoms with Gasteiger partial charge in [0.2, 0.25) is 11.8 Å². The van der Waals surface area contributed by atoms with Crippen molar-refractivity contribution in [2.75, 3.05) is 32.2 Å². The number of aromatic nitrogens is 3. The predicted molar refractivity (Wildman–Crippen MR) is 156 cm³/mol. The molecule has 0 bridgehead atoms. The number of ether oxygens (including phenoxy) is 2. The number of aryl methyl sites for hydroxylation is 1. The third-order valence-corrected chi connectivity index (χ3v) is 7.41. The Balaban J connectivity index is 1.44. The number of nitrogens with zero attached hydrogens (tertiary/aromatic N) is 3. The second kappa shape index (κ2) is 13.2.